The van der Waals surface area contributed by atoms with Crippen LogP contribution in [0.3, 0.4) is 0 Å². The second-order valence-corrected chi connectivity index (χ2v) is 7.66. The highest BCUT2D eigenvalue weighted by Crippen LogP contribution is 2.28. The first kappa shape index (κ1) is 19.3. The minimum absolute atomic E-state index is 0.178. The number of anilines is 1. The SMILES string of the molecule is Nc1nccc2c1n(-c1ccc(Oc3ccccc3)cc1)c(=O)n2[C@H]1CNC[C@@H](O)C1. The Bertz CT molecular complexity index is 1260. The summed E-state index contributed by atoms with van der Waals surface area (Å²) in [7, 11) is 0. The normalized spacial score (nSPS) is 18.9. The summed E-state index contributed by atoms with van der Waals surface area (Å²) >= 11 is 0. The highest BCUT2D eigenvalue weighted by molar-refractivity contribution is 5.87. The summed E-state index contributed by atoms with van der Waals surface area (Å²) in [6.45, 7) is 1.12. The molecule has 1 fully saturated rings. The Kier molecular flexibility index (Phi) is 4.93. The molecule has 8 nitrogen and oxygen atoms in total. The van der Waals surface area contributed by atoms with E-state index in [1.807, 2.05) is 54.6 Å². The molecule has 4 aromatic rings. The number of aromatic nitrogens is 3. The lowest BCUT2D eigenvalue weighted by molar-refractivity contribution is 0.117. The number of β-amino-alcohol motifs (C(OH)–C–C–N with tert-alkyl or cyclic N) is 1. The minimum atomic E-state index is -0.502. The third-order valence-corrected chi connectivity index (χ3v) is 5.55. The molecule has 5 rings (SSSR count). The Morgan fingerprint density at radius 1 is 1.03 bits per heavy atom. The molecule has 158 valence electrons. The van der Waals surface area contributed by atoms with Crippen LogP contribution < -0.4 is 21.5 Å². The van der Waals surface area contributed by atoms with Gasteiger partial charge in [-0.15, -0.1) is 0 Å². The van der Waals surface area contributed by atoms with E-state index in [-0.39, 0.29) is 17.5 Å². The first-order valence-electron chi connectivity index (χ1n) is 10.2. The van der Waals surface area contributed by atoms with Gasteiger partial charge in [0, 0.05) is 19.3 Å². The van der Waals surface area contributed by atoms with E-state index in [0.717, 1.165) is 5.75 Å². The van der Waals surface area contributed by atoms with Crippen LogP contribution in [0.25, 0.3) is 16.7 Å². The van der Waals surface area contributed by atoms with Gasteiger partial charge >= 0.3 is 5.69 Å². The lowest BCUT2D eigenvalue weighted by Gasteiger charge is -2.27. The van der Waals surface area contributed by atoms with Crippen LogP contribution in [0.5, 0.6) is 11.5 Å². The largest absolute Gasteiger partial charge is 0.457 e. The summed E-state index contributed by atoms with van der Waals surface area (Å²) < 4.78 is 9.14. The molecule has 4 N–H and O–H groups in total. The standard InChI is InChI=1S/C23H23N5O3/c24-22-21-20(10-11-26-22)27(16-12-17(29)14-25-13-16)23(30)28(21)15-6-8-19(9-7-15)31-18-4-2-1-3-5-18/h1-11,16-17,25,29H,12-14H2,(H2,24,26)/t16-,17+/m1/s1. The minimum Gasteiger partial charge on any atom is -0.457 e. The highest BCUT2D eigenvalue weighted by atomic mass is 16.5. The van der Waals surface area contributed by atoms with Crippen LogP contribution in [0, 0.1) is 0 Å². The van der Waals surface area contributed by atoms with E-state index in [2.05, 4.69) is 10.3 Å². The van der Waals surface area contributed by atoms with Crippen LogP contribution in [-0.2, 0) is 0 Å². The number of nitrogens with two attached hydrogens (primary N) is 1. The molecule has 8 heteroatoms. The maximum atomic E-state index is 13.5. The van der Waals surface area contributed by atoms with Gasteiger partial charge in [-0.05, 0) is 48.9 Å². The third-order valence-electron chi connectivity index (χ3n) is 5.55. The molecule has 1 saturated heterocycles. The van der Waals surface area contributed by atoms with Crippen LogP contribution in [0.1, 0.15) is 12.5 Å². The predicted molar refractivity (Wildman–Crippen MR) is 119 cm³/mol. The molecule has 0 radical (unpaired) electrons. The summed E-state index contributed by atoms with van der Waals surface area (Å²) in [6, 6.07) is 18.4. The molecule has 2 atom stereocenters. The number of aliphatic hydroxyl groups excluding tert-OH is 1. The number of nitrogens with one attached hydrogen (secondary N) is 1. The van der Waals surface area contributed by atoms with Gasteiger partial charge in [0.05, 0.1) is 23.3 Å². The summed E-state index contributed by atoms with van der Waals surface area (Å²) in [5.41, 5.74) is 7.90. The number of nitrogens with zero attached hydrogens (tertiary/aromatic N) is 3. The van der Waals surface area contributed by atoms with Crippen molar-refractivity contribution in [1.82, 2.24) is 19.4 Å². The van der Waals surface area contributed by atoms with Crippen molar-refractivity contribution < 1.29 is 9.84 Å². The van der Waals surface area contributed by atoms with Gasteiger partial charge in [0.25, 0.3) is 0 Å². The van der Waals surface area contributed by atoms with E-state index in [9.17, 15) is 9.90 Å². The van der Waals surface area contributed by atoms with E-state index >= 15 is 0 Å². The van der Waals surface area contributed by atoms with Gasteiger partial charge in [-0.25, -0.2) is 9.78 Å². The van der Waals surface area contributed by atoms with Crippen molar-refractivity contribution in [3.8, 4) is 17.2 Å². The second kappa shape index (κ2) is 7.90. The number of piperidine rings is 1. The number of para-hydroxylation sites is 1. The quantitative estimate of drug-likeness (QED) is 0.471. The van der Waals surface area contributed by atoms with Gasteiger partial charge in [0.15, 0.2) is 0 Å². The first-order chi connectivity index (χ1) is 15.1. The molecular weight excluding hydrogens is 394 g/mol. The van der Waals surface area contributed by atoms with Crippen LogP contribution in [0.4, 0.5) is 5.82 Å². The zero-order valence-electron chi connectivity index (χ0n) is 16.8. The van der Waals surface area contributed by atoms with Crippen molar-refractivity contribution in [3.63, 3.8) is 0 Å². The Labute approximate surface area is 178 Å². The summed E-state index contributed by atoms with van der Waals surface area (Å²) in [4.78, 5) is 17.7. The number of fused-ring (bicyclic) bond motifs is 1. The number of imidazole rings is 1. The van der Waals surface area contributed by atoms with E-state index in [0.29, 0.717) is 42.0 Å². The van der Waals surface area contributed by atoms with Crippen molar-refractivity contribution in [2.75, 3.05) is 18.8 Å². The molecular formula is C23H23N5O3. The lowest BCUT2D eigenvalue weighted by atomic mass is 10.0. The fourth-order valence-corrected chi connectivity index (χ4v) is 4.16. The molecule has 1 aliphatic heterocycles. The van der Waals surface area contributed by atoms with Crippen LogP contribution in [-0.4, -0.2) is 38.4 Å². The van der Waals surface area contributed by atoms with Crippen molar-refractivity contribution in [3.05, 3.63) is 77.3 Å². The van der Waals surface area contributed by atoms with E-state index in [1.165, 1.54) is 0 Å². The van der Waals surface area contributed by atoms with E-state index in [1.54, 1.807) is 21.4 Å². The zero-order valence-corrected chi connectivity index (χ0v) is 16.8. The monoisotopic (exact) mass is 417 g/mol. The Morgan fingerprint density at radius 2 is 1.77 bits per heavy atom. The van der Waals surface area contributed by atoms with Crippen molar-refractivity contribution in [2.24, 2.45) is 0 Å². The maximum absolute atomic E-state index is 13.5. The number of benzene rings is 2. The molecule has 2 aromatic carbocycles. The Morgan fingerprint density at radius 3 is 2.52 bits per heavy atom. The van der Waals surface area contributed by atoms with Crippen LogP contribution in [0.15, 0.2) is 71.7 Å². The number of hydrogen-bond donors (Lipinski definition) is 3. The van der Waals surface area contributed by atoms with Crippen LogP contribution in [0.2, 0.25) is 0 Å². The highest BCUT2D eigenvalue weighted by Gasteiger charge is 2.27. The Hall–Kier alpha value is -3.62. The fourth-order valence-electron chi connectivity index (χ4n) is 4.16. The number of pyridine rings is 1. The van der Waals surface area contributed by atoms with Gasteiger partial charge in [-0.3, -0.25) is 9.13 Å². The van der Waals surface area contributed by atoms with Gasteiger partial charge in [-0.2, -0.15) is 0 Å². The van der Waals surface area contributed by atoms with Crippen molar-refractivity contribution in [2.45, 2.75) is 18.6 Å². The average Bonchev–Trinajstić information content (AvgIpc) is 3.08. The van der Waals surface area contributed by atoms with Gasteiger partial charge in [0.2, 0.25) is 0 Å². The van der Waals surface area contributed by atoms with Crippen LogP contribution >= 0.6 is 0 Å². The first-order valence-corrected chi connectivity index (χ1v) is 10.2. The molecule has 3 heterocycles. The molecule has 1 aliphatic rings. The summed E-state index contributed by atoms with van der Waals surface area (Å²) in [5, 5.41) is 13.3. The third kappa shape index (κ3) is 3.56. The smallest absolute Gasteiger partial charge is 0.334 e. The number of rotatable bonds is 4. The molecule has 31 heavy (non-hydrogen) atoms. The van der Waals surface area contributed by atoms with Gasteiger partial charge in [0.1, 0.15) is 22.8 Å². The molecule has 0 unspecified atom stereocenters. The zero-order chi connectivity index (χ0) is 21.4. The fraction of sp³-hybridized carbons (Fsp3) is 0.217. The van der Waals surface area contributed by atoms with E-state index in [4.69, 9.17) is 10.5 Å². The number of nitrogen functional groups attached to an aromatic ring is 1. The topological polar surface area (TPSA) is 107 Å². The summed E-state index contributed by atoms with van der Waals surface area (Å²) in [5.74, 6) is 1.68. The molecule has 0 saturated carbocycles. The molecule has 0 spiro atoms. The molecule has 0 aliphatic carbocycles. The lowest BCUT2D eigenvalue weighted by Crippen LogP contribution is -2.43. The molecule has 0 amide bonds. The number of aliphatic hydroxyl groups is 1. The second-order valence-electron chi connectivity index (χ2n) is 7.66. The van der Waals surface area contributed by atoms with Gasteiger partial charge in [-0.1, -0.05) is 18.2 Å². The van der Waals surface area contributed by atoms with Crippen molar-refractivity contribution in [1.29, 1.82) is 0 Å². The van der Waals surface area contributed by atoms with Gasteiger partial charge < -0.3 is 20.9 Å². The van der Waals surface area contributed by atoms with E-state index < -0.39 is 6.10 Å². The molecule has 0 bridgehead atoms. The average molecular weight is 417 g/mol. The molecule has 2 aromatic heterocycles. The van der Waals surface area contributed by atoms with Crippen molar-refractivity contribution >= 4 is 16.9 Å². The Balaban J connectivity index is 1.58. The number of hydrogen-bond acceptors (Lipinski definition) is 6. The summed E-state index contributed by atoms with van der Waals surface area (Å²) in [6.07, 6.45) is 1.59. The predicted octanol–water partition coefficient (Wildman–Crippen LogP) is 2.46. The number of ether oxygens (including phenoxy) is 1. The maximum Gasteiger partial charge on any atom is 0.334 e.